The molecule has 5 nitrogen and oxygen atoms in total. The summed E-state index contributed by atoms with van der Waals surface area (Å²) in [5.41, 5.74) is 2.93. The summed E-state index contributed by atoms with van der Waals surface area (Å²) in [7, 11) is 1.91. The Morgan fingerprint density at radius 2 is 2.04 bits per heavy atom. The van der Waals surface area contributed by atoms with E-state index in [9.17, 15) is 4.79 Å². The predicted octanol–water partition coefficient (Wildman–Crippen LogP) is 3.49. The average Bonchev–Trinajstić information content (AvgIpc) is 3.00. The molecule has 1 aliphatic carbocycles. The third kappa shape index (κ3) is 3.02. The van der Waals surface area contributed by atoms with Crippen LogP contribution in [-0.4, -0.2) is 26.7 Å². The molecule has 4 rings (SSSR count). The number of hydrogen-bond donors (Lipinski definition) is 0. The van der Waals surface area contributed by atoms with Crippen LogP contribution in [0.15, 0.2) is 48.8 Å². The molecule has 1 fully saturated rings. The first-order valence-corrected chi connectivity index (χ1v) is 8.87. The van der Waals surface area contributed by atoms with Gasteiger partial charge in [-0.1, -0.05) is 18.2 Å². The fourth-order valence-corrected chi connectivity index (χ4v) is 3.46. The van der Waals surface area contributed by atoms with Crippen molar-refractivity contribution in [2.75, 3.05) is 4.90 Å². The zero-order chi connectivity index (χ0) is 17.2. The molecule has 1 amide bonds. The number of carbonyl (C=O) groups is 1. The van der Waals surface area contributed by atoms with Crippen molar-refractivity contribution in [3.05, 3.63) is 54.5 Å². The lowest BCUT2D eigenvalue weighted by Crippen LogP contribution is -2.44. The Morgan fingerprint density at radius 3 is 2.76 bits per heavy atom. The summed E-state index contributed by atoms with van der Waals surface area (Å²) in [6.07, 6.45) is 8.09. The van der Waals surface area contributed by atoms with Gasteiger partial charge in [0.2, 0.25) is 5.91 Å². The van der Waals surface area contributed by atoms with Gasteiger partial charge in [0, 0.05) is 43.0 Å². The summed E-state index contributed by atoms with van der Waals surface area (Å²) in [6, 6.07) is 12.3. The molecule has 25 heavy (non-hydrogen) atoms. The van der Waals surface area contributed by atoms with Gasteiger partial charge in [-0.15, -0.1) is 0 Å². The van der Waals surface area contributed by atoms with Crippen LogP contribution in [0.4, 0.5) is 5.69 Å². The number of benzene rings is 1. The summed E-state index contributed by atoms with van der Waals surface area (Å²) in [5, 5.41) is 5.26. The van der Waals surface area contributed by atoms with E-state index in [1.807, 2.05) is 53.0 Å². The quantitative estimate of drug-likeness (QED) is 0.718. The van der Waals surface area contributed by atoms with Gasteiger partial charge >= 0.3 is 0 Å². The van der Waals surface area contributed by atoms with Gasteiger partial charge in [0.05, 0.1) is 11.2 Å². The molecule has 5 heteroatoms. The molecule has 0 unspecified atom stereocenters. The van der Waals surface area contributed by atoms with Crippen LogP contribution in [0, 0.1) is 0 Å². The minimum Gasteiger partial charge on any atom is -0.307 e. The molecule has 0 atom stereocenters. The van der Waals surface area contributed by atoms with Crippen LogP contribution in [0.25, 0.3) is 10.9 Å². The van der Waals surface area contributed by atoms with Gasteiger partial charge in [-0.2, -0.15) is 5.10 Å². The van der Waals surface area contributed by atoms with Crippen LogP contribution in [0.1, 0.15) is 31.4 Å². The maximum Gasteiger partial charge on any atom is 0.227 e. The molecule has 0 N–H and O–H groups in total. The first-order valence-electron chi connectivity index (χ1n) is 8.87. The number of pyridine rings is 1. The summed E-state index contributed by atoms with van der Waals surface area (Å²) in [4.78, 5) is 19.6. The Kier molecular flexibility index (Phi) is 4.22. The summed E-state index contributed by atoms with van der Waals surface area (Å²) in [5.74, 6) is 0.170. The van der Waals surface area contributed by atoms with Crippen molar-refractivity contribution >= 4 is 22.5 Å². The Balaban J connectivity index is 1.63. The number of aromatic nitrogens is 3. The van der Waals surface area contributed by atoms with Crippen molar-refractivity contribution in [1.29, 1.82) is 0 Å². The molecular weight excluding hydrogens is 312 g/mol. The highest BCUT2D eigenvalue weighted by molar-refractivity contribution is 6.02. The van der Waals surface area contributed by atoms with E-state index in [1.165, 1.54) is 6.42 Å². The second-order valence-electron chi connectivity index (χ2n) is 6.65. The number of carbonyl (C=O) groups excluding carboxylic acids is 1. The number of amides is 1. The van der Waals surface area contributed by atoms with Gasteiger partial charge in [-0.05, 0) is 43.9 Å². The highest BCUT2D eigenvalue weighted by atomic mass is 16.2. The molecule has 0 spiro atoms. The van der Waals surface area contributed by atoms with Gasteiger partial charge in [-0.3, -0.25) is 14.5 Å². The molecule has 1 aliphatic rings. The number of para-hydroxylation sites is 1. The Bertz CT molecular complexity index is 892. The first kappa shape index (κ1) is 15.8. The molecule has 1 aromatic carbocycles. The Morgan fingerprint density at radius 1 is 1.20 bits per heavy atom. The van der Waals surface area contributed by atoms with E-state index in [4.69, 9.17) is 0 Å². The number of aryl methyl sites for hydroxylation is 2. The third-order valence-corrected chi connectivity index (χ3v) is 5.10. The molecule has 0 radical (unpaired) electrons. The lowest BCUT2D eigenvalue weighted by atomic mass is 9.90. The van der Waals surface area contributed by atoms with Gasteiger partial charge in [0.25, 0.3) is 0 Å². The highest BCUT2D eigenvalue weighted by Crippen LogP contribution is 2.34. The van der Waals surface area contributed by atoms with E-state index < -0.39 is 0 Å². The van der Waals surface area contributed by atoms with Crippen LogP contribution in [0.5, 0.6) is 0 Å². The van der Waals surface area contributed by atoms with E-state index in [-0.39, 0.29) is 5.91 Å². The van der Waals surface area contributed by atoms with Crippen molar-refractivity contribution in [3.63, 3.8) is 0 Å². The van der Waals surface area contributed by atoms with Crippen molar-refractivity contribution < 1.29 is 4.79 Å². The molecule has 128 valence electrons. The number of nitrogens with zero attached hydrogens (tertiary/aromatic N) is 4. The standard InChI is InChI=1S/C20H22N4O/c1-23-16(12-14-22-23)10-11-19(25)24(17-7-3-8-17)18-9-2-5-15-6-4-13-21-20(15)18/h2,4-6,9,12-14,17H,3,7-8,10-11H2,1H3. The number of rotatable bonds is 5. The maximum absolute atomic E-state index is 13.1. The van der Waals surface area contributed by atoms with Crippen LogP contribution >= 0.6 is 0 Å². The average molecular weight is 334 g/mol. The van der Waals surface area contributed by atoms with Crippen molar-refractivity contribution in [1.82, 2.24) is 14.8 Å². The van der Waals surface area contributed by atoms with Crippen molar-refractivity contribution in [2.45, 2.75) is 38.1 Å². The minimum absolute atomic E-state index is 0.170. The monoisotopic (exact) mass is 334 g/mol. The van der Waals surface area contributed by atoms with Crippen LogP contribution < -0.4 is 4.90 Å². The van der Waals surface area contributed by atoms with Crippen molar-refractivity contribution in [3.8, 4) is 0 Å². The van der Waals surface area contributed by atoms with E-state index in [1.54, 1.807) is 12.4 Å². The second-order valence-corrected chi connectivity index (χ2v) is 6.65. The smallest absolute Gasteiger partial charge is 0.227 e. The van der Waals surface area contributed by atoms with E-state index >= 15 is 0 Å². The zero-order valence-corrected chi connectivity index (χ0v) is 14.4. The molecule has 3 aromatic rings. The topological polar surface area (TPSA) is 51.0 Å². The molecular formula is C20H22N4O. The Labute approximate surface area is 147 Å². The van der Waals surface area contributed by atoms with Gasteiger partial charge in [-0.25, -0.2) is 0 Å². The Hall–Kier alpha value is -2.69. The lowest BCUT2D eigenvalue weighted by Gasteiger charge is -2.38. The highest BCUT2D eigenvalue weighted by Gasteiger charge is 2.31. The second kappa shape index (κ2) is 6.67. The molecule has 1 saturated carbocycles. The molecule has 0 bridgehead atoms. The normalized spacial score (nSPS) is 14.4. The molecule has 0 aliphatic heterocycles. The fraction of sp³-hybridized carbons (Fsp3) is 0.350. The minimum atomic E-state index is 0.170. The molecule has 0 saturated heterocycles. The van der Waals surface area contributed by atoms with Gasteiger partial charge < -0.3 is 4.90 Å². The van der Waals surface area contributed by atoms with Gasteiger partial charge in [0.1, 0.15) is 0 Å². The van der Waals surface area contributed by atoms with E-state index in [0.717, 1.165) is 35.1 Å². The van der Waals surface area contributed by atoms with Crippen LogP contribution in [0.2, 0.25) is 0 Å². The predicted molar refractivity (Wildman–Crippen MR) is 98.4 cm³/mol. The summed E-state index contributed by atoms with van der Waals surface area (Å²) in [6.45, 7) is 0. The third-order valence-electron chi connectivity index (χ3n) is 5.10. The molecule has 2 heterocycles. The fourth-order valence-electron chi connectivity index (χ4n) is 3.46. The van der Waals surface area contributed by atoms with Crippen molar-refractivity contribution in [2.24, 2.45) is 7.05 Å². The zero-order valence-electron chi connectivity index (χ0n) is 14.4. The summed E-state index contributed by atoms with van der Waals surface area (Å²) < 4.78 is 1.83. The largest absolute Gasteiger partial charge is 0.307 e. The van der Waals surface area contributed by atoms with E-state index in [2.05, 4.69) is 10.1 Å². The number of hydrogen-bond acceptors (Lipinski definition) is 3. The number of anilines is 1. The van der Waals surface area contributed by atoms with Crippen LogP contribution in [0.3, 0.4) is 0 Å². The first-order chi connectivity index (χ1) is 12.2. The SMILES string of the molecule is Cn1nccc1CCC(=O)N(c1cccc2cccnc12)C1CCC1. The maximum atomic E-state index is 13.1. The van der Waals surface area contributed by atoms with Crippen LogP contribution in [-0.2, 0) is 18.3 Å². The van der Waals surface area contributed by atoms with Gasteiger partial charge in [0.15, 0.2) is 0 Å². The van der Waals surface area contributed by atoms with E-state index in [0.29, 0.717) is 18.9 Å². The summed E-state index contributed by atoms with van der Waals surface area (Å²) >= 11 is 0. The lowest BCUT2D eigenvalue weighted by molar-refractivity contribution is -0.119. The molecule has 2 aromatic heterocycles. The number of fused-ring (bicyclic) bond motifs is 1.